The largest absolute Gasteiger partial charge is 0.454 e. The Morgan fingerprint density at radius 2 is 2.20 bits per heavy atom. The molecule has 0 unspecified atom stereocenters. The number of hydrogen-bond acceptors (Lipinski definition) is 4. The third-order valence-electron chi connectivity index (χ3n) is 2.15. The predicted octanol–water partition coefficient (Wildman–Crippen LogP) is 2.58. The van der Waals surface area contributed by atoms with Gasteiger partial charge in [0.2, 0.25) is 6.79 Å². The molecule has 15 heavy (non-hydrogen) atoms. The van der Waals surface area contributed by atoms with E-state index in [1.54, 1.807) is 0 Å². The highest BCUT2D eigenvalue weighted by molar-refractivity contribution is 7.99. The highest BCUT2D eigenvalue weighted by atomic mass is 32.2. The maximum Gasteiger partial charge on any atom is 0.231 e. The number of thioether (sulfide) groups is 1. The van der Waals surface area contributed by atoms with Crippen molar-refractivity contribution in [3.8, 4) is 11.5 Å². The van der Waals surface area contributed by atoms with E-state index in [-0.39, 0.29) is 0 Å². The van der Waals surface area contributed by atoms with Gasteiger partial charge in [-0.25, -0.2) is 0 Å². The Labute approximate surface area is 94.2 Å². The Morgan fingerprint density at radius 3 is 3.07 bits per heavy atom. The van der Waals surface area contributed by atoms with Crippen molar-refractivity contribution in [1.82, 2.24) is 0 Å². The standard InChI is InChI=1S/C11H15NO2S/c1-2-15-6-5-12-9-3-4-10-11(7-9)14-8-13-10/h3-4,7,12H,2,5-6,8H2,1H3. The Hall–Kier alpha value is -1.03. The van der Waals surface area contributed by atoms with Crippen LogP contribution >= 0.6 is 11.8 Å². The van der Waals surface area contributed by atoms with Gasteiger partial charge in [0.1, 0.15) is 0 Å². The highest BCUT2D eigenvalue weighted by Gasteiger charge is 2.12. The van der Waals surface area contributed by atoms with Crippen LogP contribution in [0.15, 0.2) is 18.2 Å². The topological polar surface area (TPSA) is 30.5 Å². The van der Waals surface area contributed by atoms with E-state index in [4.69, 9.17) is 9.47 Å². The number of benzene rings is 1. The lowest BCUT2D eigenvalue weighted by Gasteiger charge is -2.06. The molecule has 0 saturated heterocycles. The minimum Gasteiger partial charge on any atom is -0.454 e. The molecule has 82 valence electrons. The lowest BCUT2D eigenvalue weighted by molar-refractivity contribution is 0.174. The van der Waals surface area contributed by atoms with E-state index in [9.17, 15) is 0 Å². The monoisotopic (exact) mass is 225 g/mol. The number of nitrogens with one attached hydrogen (secondary N) is 1. The predicted molar refractivity (Wildman–Crippen MR) is 64.1 cm³/mol. The summed E-state index contributed by atoms with van der Waals surface area (Å²) in [6.45, 7) is 3.49. The third kappa shape index (κ3) is 2.72. The first-order valence-corrected chi connectivity index (χ1v) is 6.27. The molecule has 2 rings (SSSR count). The summed E-state index contributed by atoms with van der Waals surface area (Å²) in [6.07, 6.45) is 0. The lowest BCUT2D eigenvalue weighted by atomic mass is 10.3. The van der Waals surface area contributed by atoms with Crippen molar-refractivity contribution in [2.45, 2.75) is 6.92 Å². The number of rotatable bonds is 5. The fourth-order valence-electron chi connectivity index (χ4n) is 1.42. The zero-order valence-electron chi connectivity index (χ0n) is 8.79. The molecular formula is C11H15NO2S. The van der Waals surface area contributed by atoms with E-state index >= 15 is 0 Å². The molecule has 1 aliphatic heterocycles. The van der Waals surface area contributed by atoms with Gasteiger partial charge in [0.15, 0.2) is 11.5 Å². The van der Waals surface area contributed by atoms with Crippen LogP contribution < -0.4 is 14.8 Å². The summed E-state index contributed by atoms with van der Waals surface area (Å²) >= 11 is 1.93. The minimum absolute atomic E-state index is 0.338. The summed E-state index contributed by atoms with van der Waals surface area (Å²) in [5.74, 6) is 3.97. The van der Waals surface area contributed by atoms with Gasteiger partial charge in [-0.05, 0) is 17.9 Å². The van der Waals surface area contributed by atoms with Crippen LogP contribution in [-0.2, 0) is 0 Å². The molecule has 0 spiro atoms. The minimum atomic E-state index is 0.338. The second-order valence-electron chi connectivity index (χ2n) is 3.19. The zero-order chi connectivity index (χ0) is 10.5. The first-order valence-electron chi connectivity index (χ1n) is 5.11. The van der Waals surface area contributed by atoms with Gasteiger partial charge >= 0.3 is 0 Å². The van der Waals surface area contributed by atoms with Gasteiger partial charge < -0.3 is 14.8 Å². The molecule has 0 saturated carbocycles. The summed E-state index contributed by atoms with van der Waals surface area (Å²) in [5, 5.41) is 3.35. The fourth-order valence-corrected chi connectivity index (χ4v) is 1.95. The number of ether oxygens (including phenoxy) is 2. The van der Waals surface area contributed by atoms with Crippen molar-refractivity contribution in [2.24, 2.45) is 0 Å². The van der Waals surface area contributed by atoms with Crippen molar-refractivity contribution >= 4 is 17.4 Å². The molecular weight excluding hydrogens is 210 g/mol. The summed E-state index contributed by atoms with van der Waals surface area (Å²) in [6, 6.07) is 5.95. The van der Waals surface area contributed by atoms with Crippen LogP contribution in [0.4, 0.5) is 5.69 Å². The van der Waals surface area contributed by atoms with Crippen molar-refractivity contribution in [3.05, 3.63) is 18.2 Å². The second kappa shape index (κ2) is 5.16. The smallest absolute Gasteiger partial charge is 0.231 e. The van der Waals surface area contributed by atoms with E-state index < -0.39 is 0 Å². The lowest BCUT2D eigenvalue weighted by Crippen LogP contribution is -2.03. The molecule has 1 N–H and O–H groups in total. The molecule has 0 bridgehead atoms. The number of hydrogen-bond donors (Lipinski definition) is 1. The van der Waals surface area contributed by atoms with E-state index in [0.717, 1.165) is 29.5 Å². The molecule has 1 aromatic rings. The van der Waals surface area contributed by atoms with E-state index in [1.807, 2.05) is 30.0 Å². The average molecular weight is 225 g/mol. The van der Waals surface area contributed by atoms with Gasteiger partial charge in [0.25, 0.3) is 0 Å². The van der Waals surface area contributed by atoms with Crippen molar-refractivity contribution < 1.29 is 9.47 Å². The zero-order valence-corrected chi connectivity index (χ0v) is 9.60. The van der Waals surface area contributed by atoms with Crippen LogP contribution in [-0.4, -0.2) is 24.8 Å². The average Bonchev–Trinajstić information content (AvgIpc) is 2.71. The molecule has 4 heteroatoms. The number of anilines is 1. The van der Waals surface area contributed by atoms with Gasteiger partial charge in [0, 0.05) is 24.1 Å². The summed E-state index contributed by atoms with van der Waals surface area (Å²) in [4.78, 5) is 0. The maximum atomic E-state index is 5.30. The van der Waals surface area contributed by atoms with Crippen LogP contribution in [0.5, 0.6) is 11.5 Å². The molecule has 1 heterocycles. The molecule has 1 aliphatic rings. The summed E-state index contributed by atoms with van der Waals surface area (Å²) < 4.78 is 10.5. The molecule has 0 radical (unpaired) electrons. The van der Waals surface area contributed by atoms with Gasteiger partial charge in [-0.1, -0.05) is 6.92 Å². The van der Waals surface area contributed by atoms with Crippen molar-refractivity contribution in [1.29, 1.82) is 0 Å². The normalized spacial score (nSPS) is 12.9. The molecule has 3 nitrogen and oxygen atoms in total. The summed E-state index contributed by atoms with van der Waals surface area (Å²) in [7, 11) is 0. The molecule has 0 aliphatic carbocycles. The Kier molecular flexibility index (Phi) is 3.61. The molecule has 0 amide bonds. The van der Waals surface area contributed by atoms with Crippen LogP contribution in [0.1, 0.15) is 6.92 Å². The van der Waals surface area contributed by atoms with Crippen molar-refractivity contribution in [2.75, 3.05) is 30.2 Å². The Balaban J connectivity index is 1.87. The quantitative estimate of drug-likeness (QED) is 0.780. The maximum absolute atomic E-state index is 5.30. The van der Waals surface area contributed by atoms with Gasteiger partial charge in [-0.2, -0.15) is 11.8 Å². The molecule has 0 fully saturated rings. The fraction of sp³-hybridized carbons (Fsp3) is 0.455. The molecule has 0 aromatic heterocycles. The van der Waals surface area contributed by atoms with Crippen LogP contribution in [0, 0.1) is 0 Å². The van der Waals surface area contributed by atoms with Gasteiger partial charge in [-0.15, -0.1) is 0 Å². The van der Waals surface area contributed by atoms with Crippen LogP contribution in [0.2, 0.25) is 0 Å². The first kappa shape index (κ1) is 10.5. The van der Waals surface area contributed by atoms with Gasteiger partial charge in [0.05, 0.1) is 0 Å². The van der Waals surface area contributed by atoms with Gasteiger partial charge in [-0.3, -0.25) is 0 Å². The van der Waals surface area contributed by atoms with E-state index in [1.165, 1.54) is 5.75 Å². The SMILES string of the molecule is CCSCCNc1ccc2c(c1)OCO2. The summed E-state index contributed by atoms with van der Waals surface area (Å²) in [5.41, 5.74) is 1.09. The highest BCUT2D eigenvalue weighted by Crippen LogP contribution is 2.34. The van der Waals surface area contributed by atoms with E-state index in [2.05, 4.69) is 12.2 Å². The van der Waals surface area contributed by atoms with Crippen LogP contribution in [0.3, 0.4) is 0 Å². The second-order valence-corrected chi connectivity index (χ2v) is 4.59. The molecule has 1 aromatic carbocycles. The first-order chi connectivity index (χ1) is 7.40. The Bertz CT molecular complexity index is 330. The molecule has 0 atom stereocenters. The van der Waals surface area contributed by atoms with Crippen LogP contribution in [0.25, 0.3) is 0 Å². The third-order valence-corrected chi connectivity index (χ3v) is 3.05. The number of fused-ring (bicyclic) bond motifs is 1. The van der Waals surface area contributed by atoms with E-state index in [0.29, 0.717) is 6.79 Å². The Morgan fingerprint density at radius 1 is 1.33 bits per heavy atom. The van der Waals surface area contributed by atoms with Crippen molar-refractivity contribution in [3.63, 3.8) is 0 Å².